The number of esters is 1. The van der Waals surface area contributed by atoms with Gasteiger partial charge < -0.3 is 9.47 Å². The maximum absolute atomic E-state index is 12.2. The zero-order valence-electron chi connectivity index (χ0n) is 18.2. The highest BCUT2D eigenvalue weighted by Gasteiger charge is 2.34. The van der Waals surface area contributed by atoms with Crippen molar-refractivity contribution in [2.75, 3.05) is 12.9 Å². The first-order chi connectivity index (χ1) is 16.9. The van der Waals surface area contributed by atoms with Crippen LogP contribution in [0.3, 0.4) is 0 Å². The van der Waals surface area contributed by atoms with Crippen LogP contribution in [0.5, 0.6) is 11.5 Å². The number of hydrogen-bond donors (Lipinski definition) is 2. The van der Waals surface area contributed by atoms with Crippen LogP contribution in [-0.4, -0.2) is 52.3 Å². The zero-order valence-corrected chi connectivity index (χ0v) is 20.6. The van der Waals surface area contributed by atoms with E-state index in [0.29, 0.717) is 5.56 Å². The number of thiazole rings is 1. The fraction of sp³-hybridized carbons (Fsp3) is 0.182. The largest absolute Gasteiger partial charge is 0.493 e. The molecule has 10 nitrogen and oxygen atoms in total. The lowest BCUT2D eigenvalue weighted by Gasteiger charge is -2.10. The number of rotatable bonds is 9. The van der Waals surface area contributed by atoms with Gasteiger partial charge in [-0.05, 0) is 35.9 Å². The van der Waals surface area contributed by atoms with Crippen molar-refractivity contribution in [2.24, 2.45) is 5.10 Å². The lowest BCUT2D eigenvalue weighted by Crippen LogP contribution is -2.27. The highest BCUT2D eigenvalue weighted by Crippen LogP contribution is 2.30. The summed E-state index contributed by atoms with van der Waals surface area (Å²) in [5.74, 6) is -0.894. The highest BCUT2D eigenvalue weighted by atomic mass is 32.2. The van der Waals surface area contributed by atoms with Crippen molar-refractivity contribution in [1.29, 1.82) is 0 Å². The quantitative estimate of drug-likeness (QED) is 0.140. The van der Waals surface area contributed by atoms with Crippen molar-refractivity contribution < 1.29 is 28.7 Å². The number of benzene rings is 2. The third-order valence-corrected chi connectivity index (χ3v) is 7.70. The standard InChI is InChI=1S/C22H18N4O6S3/c1-31-15-8-12(6-7-14(15)32-19(28)9-17-20(29)25-21(30)34-17)10-23-26-18(27)11-33-22-24-13-4-2-3-5-16(13)35-22/h2-8,10,17H,9,11H2,1H3,(H,26,27)(H,25,29,30)/b23-10-/t17-/m0/s1. The predicted molar refractivity (Wildman–Crippen MR) is 134 cm³/mol. The van der Waals surface area contributed by atoms with Gasteiger partial charge in [0.2, 0.25) is 5.91 Å². The van der Waals surface area contributed by atoms with Gasteiger partial charge in [0, 0.05) is 0 Å². The number of methoxy groups -OCH3 is 1. The number of nitrogens with one attached hydrogen (secondary N) is 2. The lowest BCUT2D eigenvalue weighted by atomic mass is 10.2. The van der Waals surface area contributed by atoms with Crippen LogP contribution in [0.4, 0.5) is 4.79 Å². The number of imide groups is 1. The Balaban J connectivity index is 1.28. The molecule has 2 heterocycles. The molecule has 1 aliphatic heterocycles. The van der Waals surface area contributed by atoms with Crippen molar-refractivity contribution >= 4 is 74.3 Å². The molecule has 0 spiro atoms. The molecular formula is C22H18N4O6S3. The molecule has 0 saturated carbocycles. The molecule has 2 N–H and O–H groups in total. The van der Waals surface area contributed by atoms with Crippen LogP contribution < -0.4 is 20.2 Å². The van der Waals surface area contributed by atoms with E-state index in [1.807, 2.05) is 24.3 Å². The van der Waals surface area contributed by atoms with Gasteiger partial charge in [0.05, 0.1) is 35.7 Å². The molecule has 3 aromatic rings. The molecule has 13 heteroatoms. The third kappa shape index (κ3) is 6.59. The van der Waals surface area contributed by atoms with Gasteiger partial charge >= 0.3 is 5.97 Å². The Morgan fingerprint density at radius 2 is 2.06 bits per heavy atom. The van der Waals surface area contributed by atoms with Crippen LogP contribution in [0.15, 0.2) is 51.9 Å². The smallest absolute Gasteiger partial charge is 0.312 e. The van der Waals surface area contributed by atoms with Crippen LogP contribution in [0.25, 0.3) is 10.2 Å². The van der Waals surface area contributed by atoms with Gasteiger partial charge in [-0.1, -0.05) is 35.7 Å². The summed E-state index contributed by atoms with van der Waals surface area (Å²) in [6.07, 6.45) is 1.18. The van der Waals surface area contributed by atoms with Crippen molar-refractivity contribution in [1.82, 2.24) is 15.7 Å². The van der Waals surface area contributed by atoms with Crippen molar-refractivity contribution in [2.45, 2.75) is 16.0 Å². The molecule has 3 amide bonds. The number of thioether (sulfide) groups is 2. The van der Waals surface area contributed by atoms with Crippen LogP contribution in [0, 0.1) is 0 Å². The summed E-state index contributed by atoms with van der Waals surface area (Å²) in [6.45, 7) is 0. The summed E-state index contributed by atoms with van der Waals surface area (Å²) in [4.78, 5) is 51.6. The summed E-state index contributed by atoms with van der Waals surface area (Å²) in [5.41, 5.74) is 3.96. The average molecular weight is 531 g/mol. The topological polar surface area (TPSA) is 136 Å². The Morgan fingerprint density at radius 1 is 1.23 bits per heavy atom. The monoisotopic (exact) mass is 530 g/mol. The third-order valence-electron chi connectivity index (χ3n) is 4.53. The molecular weight excluding hydrogens is 512 g/mol. The SMILES string of the molecule is COc1cc(/C=N\NC(=O)CSc2nc3ccccc3s2)ccc1OC(=O)C[C@@H]1SC(=O)NC1=O. The molecule has 1 fully saturated rings. The van der Waals surface area contributed by atoms with E-state index in [0.717, 1.165) is 26.3 Å². The number of carbonyl (C=O) groups excluding carboxylic acids is 4. The first-order valence-electron chi connectivity index (χ1n) is 10.1. The van der Waals surface area contributed by atoms with Crippen LogP contribution >= 0.6 is 34.9 Å². The number of aromatic nitrogens is 1. The maximum Gasteiger partial charge on any atom is 0.312 e. The maximum atomic E-state index is 12.2. The predicted octanol–water partition coefficient (Wildman–Crippen LogP) is 3.19. The van der Waals surface area contributed by atoms with E-state index in [2.05, 4.69) is 20.8 Å². The van der Waals surface area contributed by atoms with Gasteiger partial charge in [-0.3, -0.25) is 24.5 Å². The number of ether oxygens (including phenoxy) is 2. The Labute approximate surface area is 211 Å². The van der Waals surface area contributed by atoms with Crippen LogP contribution in [-0.2, 0) is 14.4 Å². The minimum absolute atomic E-state index is 0.153. The number of para-hydroxylation sites is 1. The molecule has 1 saturated heterocycles. The summed E-state index contributed by atoms with van der Waals surface area (Å²) in [7, 11) is 1.41. The zero-order chi connectivity index (χ0) is 24.8. The second kappa shape index (κ2) is 11.3. The van der Waals surface area contributed by atoms with E-state index in [1.54, 1.807) is 12.1 Å². The summed E-state index contributed by atoms with van der Waals surface area (Å²) in [5, 5.41) is 4.76. The second-order valence-electron chi connectivity index (χ2n) is 7.00. The molecule has 0 unspecified atom stereocenters. The Bertz CT molecular complexity index is 1290. The summed E-state index contributed by atoms with van der Waals surface area (Å²) >= 11 is 3.61. The summed E-state index contributed by atoms with van der Waals surface area (Å²) < 4.78 is 12.4. The number of hydrazone groups is 1. The van der Waals surface area contributed by atoms with Gasteiger partial charge in [0.15, 0.2) is 15.8 Å². The molecule has 4 rings (SSSR count). The van der Waals surface area contributed by atoms with E-state index in [1.165, 1.54) is 42.5 Å². The number of nitrogens with zero attached hydrogens (tertiary/aromatic N) is 2. The number of amides is 3. The number of carbonyl (C=O) groups is 4. The molecule has 35 heavy (non-hydrogen) atoms. The molecule has 1 aliphatic rings. The van der Waals surface area contributed by atoms with Gasteiger partial charge in [0.1, 0.15) is 5.25 Å². The molecule has 1 aromatic heterocycles. The Morgan fingerprint density at radius 3 is 2.80 bits per heavy atom. The van der Waals surface area contributed by atoms with Crippen LogP contribution in [0.1, 0.15) is 12.0 Å². The number of fused-ring (bicyclic) bond motifs is 1. The van der Waals surface area contributed by atoms with Gasteiger partial charge in [-0.2, -0.15) is 5.10 Å². The van der Waals surface area contributed by atoms with Crippen LogP contribution in [0.2, 0.25) is 0 Å². The average Bonchev–Trinajstić information content (AvgIpc) is 3.40. The first kappa shape index (κ1) is 24.7. The Hall–Kier alpha value is -3.42. The van der Waals surface area contributed by atoms with Crippen molar-refractivity contribution in [3.8, 4) is 11.5 Å². The molecule has 2 aromatic carbocycles. The fourth-order valence-electron chi connectivity index (χ4n) is 2.94. The normalized spacial score (nSPS) is 15.4. The van der Waals surface area contributed by atoms with Crippen molar-refractivity contribution in [3.05, 3.63) is 48.0 Å². The van der Waals surface area contributed by atoms with E-state index in [-0.39, 0.29) is 29.6 Å². The van der Waals surface area contributed by atoms with Crippen molar-refractivity contribution in [3.63, 3.8) is 0 Å². The molecule has 0 bridgehead atoms. The lowest BCUT2D eigenvalue weighted by molar-refractivity contribution is -0.136. The van der Waals surface area contributed by atoms with Gasteiger partial charge in [0.25, 0.3) is 11.1 Å². The Kier molecular flexibility index (Phi) is 8.00. The highest BCUT2D eigenvalue weighted by molar-refractivity contribution is 8.15. The van der Waals surface area contributed by atoms with E-state index in [4.69, 9.17) is 9.47 Å². The molecule has 0 radical (unpaired) electrons. The van der Waals surface area contributed by atoms with E-state index < -0.39 is 22.4 Å². The van der Waals surface area contributed by atoms with Gasteiger partial charge in [-0.15, -0.1) is 11.3 Å². The van der Waals surface area contributed by atoms with E-state index in [9.17, 15) is 19.2 Å². The molecule has 180 valence electrons. The molecule has 1 atom stereocenters. The first-order valence-corrected chi connectivity index (χ1v) is 12.8. The fourth-order valence-corrected chi connectivity index (χ4v) is 5.61. The minimum atomic E-state index is -0.816. The number of hydrogen-bond acceptors (Lipinski definition) is 11. The molecule has 0 aliphatic carbocycles. The van der Waals surface area contributed by atoms with Gasteiger partial charge in [-0.25, -0.2) is 10.4 Å². The minimum Gasteiger partial charge on any atom is -0.493 e. The summed E-state index contributed by atoms with van der Waals surface area (Å²) in [6, 6.07) is 12.5. The van der Waals surface area contributed by atoms with E-state index >= 15 is 0 Å². The second-order valence-corrected chi connectivity index (χ2v) is 10.4.